The molecule has 1 aromatic heterocycles. The number of aliphatic carboxylic acids is 1. The Kier molecular flexibility index (Phi) is 7.28. The van der Waals surface area contributed by atoms with E-state index in [1.807, 2.05) is 0 Å². The van der Waals surface area contributed by atoms with Crippen LogP contribution in [0.4, 0.5) is 10.5 Å². The van der Waals surface area contributed by atoms with Crippen molar-refractivity contribution in [3.8, 4) is 0 Å². The minimum absolute atomic E-state index is 0.0660. The van der Waals surface area contributed by atoms with E-state index in [1.54, 1.807) is 30.5 Å². The number of amides is 4. The quantitative estimate of drug-likeness (QED) is 0.206. The van der Waals surface area contributed by atoms with Gasteiger partial charge in [0.1, 0.15) is 28.2 Å². The van der Waals surface area contributed by atoms with E-state index in [1.165, 1.54) is 35.5 Å². The summed E-state index contributed by atoms with van der Waals surface area (Å²) in [6.45, 7) is 0. The summed E-state index contributed by atoms with van der Waals surface area (Å²) in [5.74, 6) is -1.55. The molecule has 3 atom stereocenters. The fourth-order valence-corrected chi connectivity index (χ4v) is 5.85. The van der Waals surface area contributed by atoms with Gasteiger partial charge in [0.15, 0.2) is 0 Å². The molecule has 2 aliphatic heterocycles. The van der Waals surface area contributed by atoms with Crippen LogP contribution in [0.2, 0.25) is 0 Å². The first kappa shape index (κ1) is 24.6. The van der Waals surface area contributed by atoms with E-state index >= 15 is 0 Å². The molecule has 0 saturated carbocycles. The Hall–Kier alpha value is -3.56. The number of urea groups is 1. The molecule has 1 aromatic carbocycles. The molecule has 184 valence electrons. The van der Waals surface area contributed by atoms with Gasteiger partial charge >= 0.3 is 12.0 Å². The van der Waals surface area contributed by atoms with Crippen LogP contribution in [0.15, 0.2) is 46.8 Å². The van der Waals surface area contributed by atoms with E-state index in [4.69, 9.17) is 5.73 Å². The summed E-state index contributed by atoms with van der Waals surface area (Å²) in [5.41, 5.74) is 7.61. The number of H-pyrrole nitrogens is 1. The monoisotopic (exact) mass is 518 g/mol. The number of benzene rings is 1. The summed E-state index contributed by atoms with van der Waals surface area (Å²) in [5, 5.41) is 27.6. The Morgan fingerprint density at radius 3 is 2.71 bits per heavy atom. The molecule has 4 amide bonds. The number of aromatic amines is 1. The highest BCUT2D eigenvalue weighted by atomic mass is 32.2. The zero-order chi connectivity index (χ0) is 25.1. The molecular weight excluding hydrogens is 496 g/mol. The van der Waals surface area contributed by atoms with Crippen molar-refractivity contribution in [3.63, 3.8) is 0 Å². The summed E-state index contributed by atoms with van der Waals surface area (Å²) in [4.78, 5) is 50.1. The maximum absolute atomic E-state index is 12.8. The van der Waals surface area contributed by atoms with Crippen molar-refractivity contribution in [2.75, 3.05) is 23.9 Å². The molecule has 7 N–H and O–H groups in total. The molecule has 2 unspecified atom stereocenters. The average Bonchev–Trinajstić information content (AvgIpc) is 3.38. The van der Waals surface area contributed by atoms with Crippen molar-refractivity contribution in [1.29, 1.82) is 0 Å². The lowest BCUT2D eigenvalue weighted by Gasteiger charge is -2.49. The van der Waals surface area contributed by atoms with Crippen LogP contribution in [-0.2, 0) is 14.4 Å². The number of nitrogens with two attached hydrogens (primary N) is 1. The molecule has 2 aliphatic rings. The number of carbonyl (C=O) groups is 4. The van der Waals surface area contributed by atoms with Crippen molar-refractivity contribution in [2.24, 2.45) is 5.73 Å². The molecule has 0 radical (unpaired) electrons. The Balaban J connectivity index is 1.40. The van der Waals surface area contributed by atoms with Gasteiger partial charge in [0.25, 0.3) is 5.91 Å². The number of aromatic nitrogens is 3. The van der Waals surface area contributed by atoms with Crippen LogP contribution in [0.5, 0.6) is 0 Å². The molecule has 2 aromatic rings. The summed E-state index contributed by atoms with van der Waals surface area (Å²) in [7, 11) is 1.49. The molecule has 35 heavy (non-hydrogen) atoms. The van der Waals surface area contributed by atoms with Gasteiger partial charge in [-0.1, -0.05) is 29.1 Å². The SMILES string of the molecule is CNC(=O)Nc1ccc(C(N)C(=O)NC2C(=O)N3C(C(=O)O)=C(CSc4c[nH]nn4)CS[C@H]23)cc1. The van der Waals surface area contributed by atoms with Gasteiger partial charge in [-0.15, -0.1) is 16.9 Å². The first-order valence-corrected chi connectivity index (χ1v) is 12.4. The molecule has 1 saturated heterocycles. The van der Waals surface area contributed by atoms with Gasteiger partial charge in [-0.25, -0.2) is 9.59 Å². The second-order valence-corrected chi connectivity index (χ2v) is 9.66. The fourth-order valence-electron chi connectivity index (χ4n) is 3.58. The Morgan fingerprint density at radius 1 is 1.34 bits per heavy atom. The number of anilines is 1. The predicted molar refractivity (Wildman–Crippen MR) is 128 cm³/mol. The van der Waals surface area contributed by atoms with Crippen molar-refractivity contribution in [3.05, 3.63) is 47.3 Å². The number of carboxylic acids is 1. The number of fused-ring (bicyclic) bond motifs is 1. The van der Waals surface area contributed by atoms with Gasteiger partial charge in [-0.2, -0.15) is 0 Å². The highest BCUT2D eigenvalue weighted by Crippen LogP contribution is 2.41. The summed E-state index contributed by atoms with van der Waals surface area (Å²) in [6, 6.07) is 4.09. The van der Waals surface area contributed by atoms with Gasteiger partial charge in [0.2, 0.25) is 5.91 Å². The van der Waals surface area contributed by atoms with E-state index in [-0.39, 0.29) is 11.7 Å². The second kappa shape index (κ2) is 10.4. The fraction of sp³-hybridized carbons (Fsp3) is 0.300. The lowest BCUT2D eigenvalue weighted by molar-refractivity contribution is -0.150. The van der Waals surface area contributed by atoms with Crippen LogP contribution in [0.1, 0.15) is 11.6 Å². The number of carboxylic acid groups (broad SMARTS) is 1. The number of nitrogens with zero attached hydrogens (tertiary/aromatic N) is 3. The van der Waals surface area contributed by atoms with E-state index in [9.17, 15) is 24.3 Å². The lowest BCUT2D eigenvalue weighted by atomic mass is 10.0. The van der Waals surface area contributed by atoms with Crippen molar-refractivity contribution in [1.82, 2.24) is 30.9 Å². The molecule has 1 fully saturated rings. The molecule has 13 nitrogen and oxygen atoms in total. The number of carbonyl (C=O) groups excluding carboxylic acids is 3. The van der Waals surface area contributed by atoms with E-state index in [0.717, 1.165) is 0 Å². The molecule has 3 heterocycles. The summed E-state index contributed by atoms with van der Waals surface area (Å²) >= 11 is 2.69. The van der Waals surface area contributed by atoms with E-state index < -0.39 is 35.2 Å². The smallest absolute Gasteiger partial charge is 0.352 e. The first-order valence-electron chi connectivity index (χ1n) is 10.3. The highest BCUT2D eigenvalue weighted by Gasteiger charge is 2.54. The maximum Gasteiger partial charge on any atom is 0.352 e. The topological polar surface area (TPSA) is 195 Å². The Bertz CT molecular complexity index is 1170. The summed E-state index contributed by atoms with van der Waals surface area (Å²) in [6.07, 6.45) is 1.60. The van der Waals surface area contributed by atoms with Gasteiger partial charge in [-0.05, 0) is 23.3 Å². The molecule has 0 aliphatic carbocycles. The van der Waals surface area contributed by atoms with Crippen molar-refractivity contribution < 1.29 is 24.3 Å². The van der Waals surface area contributed by atoms with Crippen LogP contribution in [0.3, 0.4) is 0 Å². The second-order valence-electron chi connectivity index (χ2n) is 7.56. The molecular formula is C20H22N8O5S2. The van der Waals surface area contributed by atoms with Crippen LogP contribution in [-0.4, -0.2) is 79.2 Å². The third-order valence-electron chi connectivity index (χ3n) is 5.37. The number of β-lactam (4-membered cyclic amide) rings is 1. The number of hydrogen-bond acceptors (Lipinski definition) is 9. The lowest BCUT2D eigenvalue weighted by Crippen LogP contribution is -2.71. The number of rotatable bonds is 8. The normalized spacial score (nSPS) is 19.9. The van der Waals surface area contributed by atoms with Crippen molar-refractivity contribution >= 4 is 53.0 Å². The standard InChI is InChI=1S/C20H22N8O5S2/c1-22-20(33)24-11-4-2-9(3-5-11)13(21)16(29)25-14-17(30)28-15(19(31)32)10(8-35-18(14)28)7-34-12-6-23-27-26-12/h2-6,13-14,18H,7-8,21H2,1H3,(H,25,29)(H,31,32)(H2,22,24,33)(H,23,26,27)/t13?,14?,18-/m1/s1. The molecule has 4 rings (SSSR count). The largest absolute Gasteiger partial charge is 0.477 e. The van der Waals surface area contributed by atoms with Crippen molar-refractivity contribution in [2.45, 2.75) is 22.5 Å². The zero-order valence-corrected chi connectivity index (χ0v) is 20.0. The highest BCUT2D eigenvalue weighted by molar-refractivity contribution is 8.01. The minimum Gasteiger partial charge on any atom is -0.477 e. The molecule has 15 heteroatoms. The van der Waals surface area contributed by atoms with Crippen LogP contribution >= 0.6 is 23.5 Å². The Labute approximate surface area is 207 Å². The molecule has 0 bridgehead atoms. The minimum atomic E-state index is -1.20. The predicted octanol–water partition coefficient (Wildman–Crippen LogP) is 0.0867. The van der Waals surface area contributed by atoms with E-state index in [2.05, 4.69) is 31.4 Å². The van der Waals surface area contributed by atoms with Gasteiger partial charge in [0.05, 0.1) is 6.20 Å². The number of nitrogens with one attached hydrogen (secondary N) is 4. The third kappa shape index (κ3) is 5.11. The van der Waals surface area contributed by atoms with Crippen LogP contribution < -0.4 is 21.7 Å². The summed E-state index contributed by atoms with van der Waals surface area (Å²) < 4.78 is 0. The number of hydrogen-bond donors (Lipinski definition) is 6. The zero-order valence-electron chi connectivity index (χ0n) is 18.3. The van der Waals surface area contributed by atoms with Gasteiger partial charge < -0.3 is 26.8 Å². The Morgan fingerprint density at radius 2 is 2.09 bits per heavy atom. The van der Waals surface area contributed by atoms with Gasteiger partial charge in [-0.3, -0.25) is 19.6 Å². The average molecular weight is 519 g/mol. The van der Waals surface area contributed by atoms with Crippen LogP contribution in [0, 0.1) is 0 Å². The maximum atomic E-state index is 12.8. The van der Waals surface area contributed by atoms with E-state index in [0.29, 0.717) is 33.4 Å². The van der Waals surface area contributed by atoms with Gasteiger partial charge in [0, 0.05) is 24.2 Å². The van der Waals surface area contributed by atoms with Crippen LogP contribution in [0.25, 0.3) is 0 Å². The first-order chi connectivity index (χ1) is 16.8. The third-order valence-corrected chi connectivity index (χ3v) is 7.70. The molecule has 0 spiro atoms. The number of thioether (sulfide) groups is 2.